The Bertz CT molecular complexity index is 922. The van der Waals surface area contributed by atoms with E-state index in [-0.39, 0.29) is 12.3 Å². The van der Waals surface area contributed by atoms with Gasteiger partial charge in [-0.05, 0) is 50.6 Å². The van der Waals surface area contributed by atoms with Gasteiger partial charge in [-0.25, -0.2) is 9.78 Å². The van der Waals surface area contributed by atoms with Crippen LogP contribution in [0, 0.1) is 0 Å². The number of aromatic amines is 1. The van der Waals surface area contributed by atoms with Crippen LogP contribution >= 0.6 is 0 Å². The van der Waals surface area contributed by atoms with Crippen molar-refractivity contribution in [3.05, 3.63) is 54.1 Å². The van der Waals surface area contributed by atoms with Crippen LogP contribution in [0.2, 0.25) is 0 Å². The monoisotopic (exact) mass is 366 g/mol. The van der Waals surface area contributed by atoms with Gasteiger partial charge < -0.3 is 9.72 Å². The van der Waals surface area contributed by atoms with E-state index in [0.717, 1.165) is 16.6 Å². The van der Waals surface area contributed by atoms with Gasteiger partial charge in [-0.1, -0.05) is 24.3 Å². The van der Waals surface area contributed by atoms with Gasteiger partial charge in [-0.2, -0.15) is 0 Å². The average molecular weight is 366 g/mol. The zero-order valence-corrected chi connectivity index (χ0v) is 15.5. The highest BCUT2D eigenvalue weighted by atomic mass is 16.6. The number of fused-ring (bicyclic) bond motifs is 1. The third-order valence-electron chi connectivity index (χ3n) is 3.61. The van der Waals surface area contributed by atoms with Gasteiger partial charge in [0.05, 0.1) is 17.5 Å². The Morgan fingerprint density at radius 3 is 2.41 bits per heavy atom. The first-order valence-electron chi connectivity index (χ1n) is 8.62. The van der Waals surface area contributed by atoms with Crippen LogP contribution in [0.1, 0.15) is 26.3 Å². The molecule has 0 fully saturated rings. The minimum atomic E-state index is -0.557. The van der Waals surface area contributed by atoms with Gasteiger partial charge in [-0.15, -0.1) is 0 Å². The third kappa shape index (κ3) is 5.31. The van der Waals surface area contributed by atoms with Crippen LogP contribution in [-0.4, -0.2) is 27.6 Å². The second-order valence-electron chi connectivity index (χ2n) is 7.15. The number of nitrogens with zero attached hydrogens (tertiary/aromatic N) is 1. The molecule has 140 valence electrons. The van der Waals surface area contributed by atoms with E-state index < -0.39 is 11.7 Å². The summed E-state index contributed by atoms with van der Waals surface area (Å²) in [6, 6.07) is 14.6. The van der Waals surface area contributed by atoms with E-state index in [1.807, 2.05) is 24.3 Å². The number of anilines is 2. The maximum atomic E-state index is 12.2. The number of aromatic nitrogens is 2. The summed E-state index contributed by atoms with van der Waals surface area (Å²) in [7, 11) is 0. The van der Waals surface area contributed by atoms with Crippen molar-refractivity contribution >= 4 is 34.7 Å². The Hall–Kier alpha value is -3.35. The Labute approximate surface area is 157 Å². The summed E-state index contributed by atoms with van der Waals surface area (Å²) in [6.07, 6.45) is -0.318. The number of benzene rings is 2. The zero-order valence-electron chi connectivity index (χ0n) is 15.5. The number of para-hydroxylation sites is 2. The molecule has 0 bridgehead atoms. The molecule has 2 aromatic carbocycles. The van der Waals surface area contributed by atoms with Crippen molar-refractivity contribution in [3.63, 3.8) is 0 Å². The lowest BCUT2D eigenvalue weighted by Gasteiger charge is -2.19. The Balaban J connectivity index is 1.56. The molecule has 1 heterocycles. The number of rotatable bonds is 4. The minimum Gasteiger partial charge on any atom is -0.444 e. The van der Waals surface area contributed by atoms with E-state index in [1.165, 1.54) is 0 Å². The zero-order chi connectivity index (χ0) is 19.4. The second-order valence-corrected chi connectivity index (χ2v) is 7.15. The molecule has 0 aliphatic heterocycles. The third-order valence-corrected chi connectivity index (χ3v) is 3.61. The number of carbonyl (C=O) groups is 2. The smallest absolute Gasteiger partial charge is 0.412 e. The van der Waals surface area contributed by atoms with Crippen molar-refractivity contribution in [3.8, 4) is 0 Å². The highest BCUT2D eigenvalue weighted by Gasteiger charge is 2.16. The van der Waals surface area contributed by atoms with Gasteiger partial charge in [0, 0.05) is 5.69 Å². The molecular weight excluding hydrogens is 344 g/mol. The van der Waals surface area contributed by atoms with Crippen molar-refractivity contribution in [2.75, 3.05) is 10.6 Å². The van der Waals surface area contributed by atoms with Gasteiger partial charge in [0.1, 0.15) is 5.60 Å². The molecule has 1 aromatic heterocycles. The van der Waals surface area contributed by atoms with E-state index in [2.05, 4.69) is 20.6 Å². The maximum Gasteiger partial charge on any atom is 0.412 e. The molecule has 0 saturated heterocycles. The number of carbonyl (C=O) groups excluding carboxylic acids is 2. The molecule has 0 unspecified atom stereocenters. The van der Waals surface area contributed by atoms with Crippen LogP contribution in [0.4, 0.5) is 16.4 Å². The van der Waals surface area contributed by atoms with Gasteiger partial charge in [0.2, 0.25) is 11.9 Å². The fraction of sp³-hybridized carbons (Fsp3) is 0.250. The first-order chi connectivity index (χ1) is 12.8. The van der Waals surface area contributed by atoms with Crippen LogP contribution in [-0.2, 0) is 16.0 Å². The van der Waals surface area contributed by atoms with Crippen molar-refractivity contribution < 1.29 is 14.3 Å². The standard InChI is InChI=1S/C20H22N4O3/c1-20(2,3)27-19(26)21-14-10-8-13(9-11-14)12-17(25)24-18-22-15-6-4-5-7-16(15)23-18/h4-11H,12H2,1-3H3,(H,21,26)(H2,22,23,24,25). The summed E-state index contributed by atoms with van der Waals surface area (Å²) in [6.45, 7) is 5.41. The molecule has 3 rings (SSSR count). The SMILES string of the molecule is CC(C)(C)OC(=O)Nc1ccc(CC(=O)Nc2nc3ccccc3[nH]2)cc1. The summed E-state index contributed by atoms with van der Waals surface area (Å²) < 4.78 is 5.20. The lowest BCUT2D eigenvalue weighted by atomic mass is 10.1. The van der Waals surface area contributed by atoms with Crippen LogP contribution < -0.4 is 10.6 Å². The lowest BCUT2D eigenvalue weighted by molar-refractivity contribution is -0.115. The van der Waals surface area contributed by atoms with Crippen LogP contribution in [0.15, 0.2) is 48.5 Å². The molecule has 3 aromatic rings. The number of H-pyrrole nitrogens is 1. The van der Waals surface area contributed by atoms with Gasteiger partial charge in [0.25, 0.3) is 0 Å². The molecule has 7 nitrogen and oxygen atoms in total. The number of amides is 2. The molecule has 0 atom stereocenters. The molecule has 3 N–H and O–H groups in total. The number of imidazole rings is 1. The normalized spacial score (nSPS) is 11.2. The fourth-order valence-corrected chi connectivity index (χ4v) is 2.50. The Morgan fingerprint density at radius 2 is 1.74 bits per heavy atom. The van der Waals surface area contributed by atoms with E-state index in [1.54, 1.807) is 45.0 Å². The summed E-state index contributed by atoms with van der Waals surface area (Å²) in [5, 5.41) is 5.41. The van der Waals surface area contributed by atoms with Crippen molar-refractivity contribution in [2.45, 2.75) is 32.8 Å². The Kier molecular flexibility index (Phi) is 5.12. The van der Waals surface area contributed by atoms with Crippen molar-refractivity contribution in [2.24, 2.45) is 0 Å². The van der Waals surface area contributed by atoms with Gasteiger partial charge in [0.15, 0.2) is 0 Å². The molecule has 0 aliphatic carbocycles. The molecule has 0 saturated carbocycles. The molecule has 27 heavy (non-hydrogen) atoms. The minimum absolute atomic E-state index is 0.179. The lowest BCUT2D eigenvalue weighted by Crippen LogP contribution is -2.27. The molecule has 7 heteroatoms. The summed E-state index contributed by atoms with van der Waals surface area (Å²) in [4.78, 5) is 31.4. The van der Waals surface area contributed by atoms with Crippen LogP contribution in [0.3, 0.4) is 0 Å². The summed E-state index contributed by atoms with van der Waals surface area (Å²) >= 11 is 0. The van der Waals surface area contributed by atoms with E-state index in [9.17, 15) is 9.59 Å². The first-order valence-corrected chi connectivity index (χ1v) is 8.62. The topological polar surface area (TPSA) is 96.1 Å². The van der Waals surface area contributed by atoms with Gasteiger partial charge in [-0.3, -0.25) is 15.4 Å². The number of nitrogens with one attached hydrogen (secondary N) is 3. The number of ether oxygens (including phenoxy) is 1. The summed E-state index contributed by atoms with van der Waals surface area (Å²) in [5.41, 5.74) is 2.53. The molecule has 0 spiro atoms. The number of hydrogen-bond acceptors (Lipinski definition) is 4. The largest absolute Gasteiger partial charge is 0.444 e. The van der Waals surface area contributed by atoms with E-state index in [0.29, 0.717) is 11.6 Å². The highest BCUT2D eigenvalue weighted by Crippen LogP contribution is 2.15. The molecular formula is C20H22N4O3. The van der Waals surface area contributed by atoms with Crippen LogP contribution in [0.25, 0.3) is 11.0 Å². The summed E-state index contributed by atoms with van der Waals surface area (Å²) in [5.74, 6) is 0.242. The van der Waals surface area contributed by atoms with Gasteiger partial charge >= 0.3 is 6.09 Å². The molecule has 0 aliphatic rings. The van der Waals surface area contributed by atoms with Crippen molar-refractivity contribution in [1.82, 2.24) is 9.97 Å². The first kappa shape index (κ1) is 18.4. The fourth-order valence-electron chi connectivity index (χ4n) is 2.50. The maximum absolute atomic E-state index is 12.2. The quantitative estimate of drug-likeness (QED) is 0.648. The highest BCUT2D eigenvalue weighted by molar-refractivity contribution is 5.92. The molecule has 0 radical (unpaired) electrons. The predicted molar refractivity (Wildman–Crippen MR) is 105 cm³/mol. The van der Waals surface area contributed by atoms with E-state index >= 15 is 0 Å². The Morgan fingerprint density at radius 1 is 1.04 bits per heavy atom. The predicted octanol–water partition coefficient (Wildman–Crippen LogP) is 4.09. The molecule has 2 amide bonds. The van der Waals surface area contributed by atoms with Crippen molar-refractivity contribution in [1.29, 1.82) is 0 Å². The number of hydrogen-bond donors (Lipinski definition) is 3. The second kappa shape index (κ2) is 7.49. The average Bonchev–Trinajstić information content (AvgIpc) is 2.96. The van der Waals surface area contributed by atoms with Crippen LogP contribution in [0.5, 0.6) is 0 Å². The van der Waals surface area contributed by atoms with E-state index in [4.69, 9.17) is 4.74 Å².